The van der Waals surface area contributed by atoms with Crippen LogP contribution in [0.2, 0.25) is 5.02 Å². The molecule has 1 N–H and O–H groups in total. The molecule has 0 radical (unpaired) electrons. The van der Waals surface area contributed by atoms with Crippen LogP contribution < -0.4 is 10.2 Å². The molecule has 0 bridgehead atoms. The Balaban J connectivity index is 1.46. The largest absolute Gasteiger partial charge is 0.322 e. The van der Waals surface area contributed by atoms with E-state index in [-0.39, 0.29) is 5.91 Å². The molecule has 4 rings (SSSR count). The molecule has 0 saturated heterocycles. The number of amides is 2. The van der Waals surface area contributed by atoms with Gasteiger partial charge < -0.3 is 10.2 Å². The summed E-state index contributed by atoms with van der Waals surface area (Å²) in [5.74, 6) is -0.241. The van der Waals surface area contributed by atoms with Crippen LogP contribution in [0.25, 0.3) is 11.3 Å². The van der Waals surface area contributed by atoms with Crippen LogP contribution >= 0.6 is 11.6 Å². The average molecular weight is 452 g/mol. The van der Waals surface area contributed by atoms with Crippen LogP contribution in [0.4, 0.5) is 15.8 Å². The number of alkyl halides is 1. The Labute approximate surface area is 191 Å². The molecule has 1 fully saturated rings. The van der Waals surface area contributed by atoms with Crippen LogP contribution in [0.15, 0.2) is 66.9 Å². The number of hydrogen-bond acceptors (Lipinski definition) is 3. The highest BCUT2D eigenvalue weighted by Crippen LogP contribution is 2.35. The molecule has 1 aliphatic carbocycles. The minimum atomic E-state index is -1.76. The summed E-state index contributed by atoms with van der Waals surface area (Å²) in [6, 6.07) is 17.1. The van der Waals surface area contributed by atoms with Crippen molar-refractivity contribution in [2.75, 3.05) is 16.8 Å². The third kappa shape index (κ3) is 5.14. The molecule has 1 unspecified atom stereocenters. The van der Waals surface area contributed by atoms with Crippen molar-refractivity contribution in [3.63, 3.8) is 0 Å². The molecule has 0 spiro atoms. The maximum Gasteiger partial charge on any atom is 0.263 e. The lowest BCUT2D eigenvalue weighted by Crippen LogP contribution is -2.30. The highest BCUT2D eigenvalue weighted by molar-refractivity contribution is 6.34. The number of aromatic nitrogens is 1. The minimum Gasteiger partial charge on any atom is -0.322 e. The molecule has 32 heavy (non-hydrogen) atoms. The van der Waals surface area contributed by atoms with Gasteiger partial charge in [0.1, 0.15) is 0 Å². The third-order valence-electron chi connectivity index (χ3n) is 5.41. The molecule has 5 nitrogen and oxygen atoms in total. The first-order valence-corrected chi connectivity index (χ1v) is 10.8. The SMILES string of the molecule is CC(=O)N(CC1CC1)c1ccc(-c2ccc(NC(=O)C(F)c3ccccc3)cn2)cc1Cl. The number of nitrogens with one attached hydrogen (secondary N) is 1. The Morgan fingerprint density at radius 3 is 2.50 bits per heavy atom. The van der Waals surface area contributed by atoms with Crippen molar-refractivity contribution in [2.24, 2.45) is 5.92 Å². The van der Waals surface area contributed by atoms with Crippen molar-refractivity contribution in [1.82, 2.24) is 4.98 Å². The molecule has 164 valence electrons. The van der Waals surface area contributed by atoms with Gasteiger partial charge in [0.15, 0.2) is 0 Å². The number of carbonyl (C=O) groups is 2. The molecule has 0 aliphatic heterocycles. The highest BCUT2D eigenvalue weighted by Gasteiger charge is 2.27. The molecule has 7 heteroatoms. The lowest BCUT2D eigenvalue weighted by Gasteiger charge is -2.22. The predicted octanol–water partition coefficient (Wildman–Crippen LogP) is 5.81. The predicted molar refractivity (Wildman–Crippen MR) is 124 cm³/mol. The van der Waals surface area contributed by atoms with Crippen LogP contribution in [0.1, 0.15) is 31.5 Å². The first kappa shape index (κ1) is 22.0. The average Bonchev–Trinajstić information content (AvgIpc) is 3.62. The van der Waals surface area contributed by atoms with Crippen molar-refractivity contribution in [1.29, 1.82) is 0 Å². The van der Waals surface area contributed by atoms with Gasteiger partial charge in [-0.2, -0.15) is 0 Å². The van der Waals surface area contributed by atoms with Gasteiger partial charge in [0.05, 0.1) is 28.3 Å². The molecule has 3 aromatic rings. The summed E-state index contributed by atoms with van der Waals surface area (Å²) in [7, 11) is 0. The first-order chi connectivity index (χ1) is 15.4. The number of pyridine rings is 1. The standard InChI is InChI=1S/C25H23ClFN3O2/c1-16(31)30(15-17-7-8-17)23-12-9-19(13-21(23)26)22-11-10-20(14-28-22)29-25(32)24(27)18-5-3-2-4-6-18/h2-6,9-14,17,24H,7-8,15H2,1H3,(H,29,32). The summed E-state index contributed by atoms with van der Waals surface area (Å²) in [5, 5.41) is 3.02. The van der Waals surface area contributed by atoms with E-state index in [1.165, 1.54) is 6.20 Å². The van der Waals surface area contributed by atoms with Gasteiger partial charge >= 0.3 is 0 Å². The summed E-state index contributed by atoms with van der Waals surface area (Å²) >= 11 is 6.49. The van der Waals surface area contributed by atoms with Gasteiger partial charge in [0, 0.05) is 19.0 Å². The highest BCUT2D eigenvalue weighted by atomic mass is 35.5. The second-order valence-electron chi connectivity index (χ2n) is 7.93. The van der Waals surface area contributed by atoms with Crippen molar-refractivity contribution < 1.29 is 14.0 Å². The molecule has 1 saturated carbocycles. The topological polar surface area (TPSA) is 62.3 Å². The molecule has 1 aromatic heterocycles. The van der Waals surface area contributed by atoms with E-state index in [9.17, 15) is 14.0 Å². The monoisotopic (exact) mass is 451 g/mol. The third-order valence-corrected chi connectivity index (χ3v) is 5.71. The molecule has 2 aromatic carbocycles. The van der Waals surface area contributed by atoms with Crippen molar-refractivity contribution >= 4 is 34.8 Å². The molecule has 1 aliphatic rings. The van der Waals surface area contributed by atoms with Crippen molar-refractivity contribution in [3.05, 3.63) is 77.4 Å². The van der Waals surface area contributed by atoms with E-state index in [4.69, 9.17) is 11.6 Å². The molecule has 2 amide bonds. The molecule has 1 atom stereocenters. The fourth-order valence-electron chi connectivity index (χ4n) is 3.46. The zero-order valence-corrected chi connectivity index (χ0v) is 18.3. The fourth-order valence-corrected chi connectivity index (χ4v) is 3.74. The van der Waals surface area contributed by atoms with Crippen LogP contribution in [-0.4, -0.2) is 23.3 Å². The number of halogens is 2. The summed E-state index contributed by atoms with van der Waals surface area (Å²) in [5.41, 5.74) is 2.80. The number of anilines is 2. The Kier molecular flexibility index (Phi) is 6.51. The Hall–Kier alpha value is -3.25. The number of carbonyl (C=O) groups excluding carboxylic acids is 2. The van der Waals surface area contributed by atoms with Crippen molar-refractivity contribution in [2.45, 2.75) is 25.9 Å². The Bertz CT molecular complexity index is 1120. The van der Waals surface area contributed by atoms with E-state index >= 15 is 0 Å². The van der Waals surface area contributed by atoms with Gasteiger partial charge in [-0.1, -0.05) is 48.0 Å². The summed E-state index contributed by atoms with van der Waals surface area (Å²) < 4.78 is 14.4. The number of benzene rings is 2. The van der Waals surface area contributed by atoms with Gasteiger partial charge in [0.2, 0.25) is 12.1 Å². The van der Waals surface area contributed by atoms with E-state index in [0.717, 1.165) is 18.4 Å². The van der Waals surface area contributed by atoms with Gasteiger partial charge in [0.25, 0.3) is 5.91 Å². The van der Waals surface area contributed by atoms with E-state index in [1.807, 2.05) is 12.1 Å². The number of rotatable bonds is 7. The lowest BCUT2D eigenvalue weighted by atomic mass is 10.1. The van der Waals surface area contributed by atoms with E-state index in [0.29, 0.717) is 40.1 Å². The normalized spacial score (nSPS) is 14.0. The van der Waals surface area contributed by atoms with Crippen LogP contribution in [0.3, 0.4) is 0 Å². The Morgan fingerprint density at radius 2 is 1.91 bits per heavy atom. The van der Waals surface area contributed by atoms with Crippen LogP contribution in [0.5, 0.6) is 0 Å². The lowest BCUT2D eigenvalue weighted by molar-refractivity contribution is -0.121. The van der Waals surface area contributed by atoms with Gasteiger partial charge in [-0.15, -0.1) is 0 Å². The van der Waals surface area contributed by atoms with Crippen LogP contribution in [-0.2, 0) is 9.59 Å². The zero-order valence-electron chi connectivity index (χ0n) is 17.6. The molecular weight excluding hydrogens is 429 g/mol. The second kappa shape index (κ2) is 9.49. The minimum absolute atomic E-state index is 0.0357. The van der Waals surface area contributed by atoms with Crippen LogP contribution in [0, 0.1) is 5.92 Å². The number of nitrogens with zero attached hydrogens (tertiary/aromatic N) is 2. The molecule has 1 heterocycles. The maximum atomic E-state index is 14.4. The van der Waals surface area contributed by atoms with Crippen molar-refractivity contribution in [3.8, 4) is 11.3 Å². The van der Waals surface area contributed by atoms with Gasteiger partial charge in [-0.3, -0.25) is 14.6 Å². The van der Waals surface area contributed by atoms with Gasteiger partial charge in [-0.25, -0.2) is 4.39 Å². The smallest absolute Gasteiger partial charge is 0.263 e. The number of hydrogen-bond donors (Lipinski definition) is 1. The maximum absolute atomic E-state index is 14.4. The summed E-state index contributed by atoms with van der Waals surface area (Å²) in [4.78, 5) is 30.3. The summed E-state index contributed by atoms with van der Waals surface area (Å²) in [6.07, 6.45) is 1.99. The quantitative estimate of drug-likeness (QED) is 0.492. The second-order valence-corrected chi connectivity index (χ2v) is 8.34. The van der Waals surface area contributed by atoms with E-state index in [2.05, 4.69) is 10.3 Å². The molecular formula is C25H23ClFN3O2. The van der Waals surface area contributed by atoms with E-state index < -0.39 is 12.1 Å². The first-order valence-electron chi connectivity index (χ1n) is 10.5. The fraction of sp³-hybridized carbons (Fsp3) is 0.240. The Morgan fingerprint density at radius 1 is 1.16 bits per heavy atom. The van der Waals surface area contributed by atoms with E-state index in [1.54, 1.807) is 60.4 Å². The summed E-state index contributed by atoms with van der Waals surface area (Å²) in [6.45, 7) is 2.22. The zero-order chi connectivity index (χ0) is 22.7. The van der Waals surface area contributed by atoms with Gasteiger partial charge in [-0.05, 0) is 48.6 Å².